The van der Waals surface area contributed by atoms with Crippen LogP contribution in [-0.2, 0) is 17.6 Å². The molecule has 0 bridgehead atoms. The molecule has 0 aliphatic heterocycles. The Bertz CT molecular complexity index is 639. The van der Waals surface area contributed by atoms with Crippen LogP contribution >= 0.6 is 11.3 Å². The number of thiophene rings is 1. The summed E-state index contributed by atoms with van der Waals surface area (Å²) in [4.78, 5) is 0.910. The van der Waals surface area contributed by atoms with Gasteiger partial charge in [-0.05, 0) is 41.5 Å². The van der Waals surface area contributed by atoms with E-state index in [1.54, 1.807) is 24.5 Å². The Morgan fingerprint density at radius 1 is 1.22 bits per heavy atom. The van der Waals surface area contributed by atoms with Crippen molar-refractivity contribution in [3.8, 4) is 5.75 Å². The van der Waals surface area contributed by atoms with Gasteiger partial charge in [0.15, 0.2) is 0 Å². The molecule has 0 aliphatic carbocycles. The standard InChI is InChI=1S/C18H23FO3S/c1-4-12-11-23-18(14(12)5-2)17(20)15-7-6-13(19)10-16(15)22-9-8-21-3/h6-7,10-11,17,20H,4-5,8-9H2,1-3H3. The maximum absolute atomic E-state index is 13.5. The number of benzene rings is 1. The monoisotopic (exact) mass is 338 g/mol. The summed E-state index contributed by atoms with van der Waals surface area (Å²) in [5.41, 5.74) is 3.02. The molecule has 2 rings (SSSR count). The summed E-state index contributed by atoms with van der Waals surface area (Å²) < 4.78 is 24.1. The molecule has 0 aliphatic rings. The van der Waals surface area contributed by atoms with Crippen LogP contribution in [0.25, 0.3) is 0 Å². The van der Waals surface area contributed by atoms with Gasteiger partial charge in [-0.1, -0.05) is 13.8 Å². The smallest absolute Gasteiger partial charge is 0.128 e. The number of aliphatic hydroxyl groups is 1. The van der Waals surface area contributed by atoms with Crippen molar-refractivity contribution in [3.63, 3.8) is 0 Å². The minimum atomic E-state index is -0.812. The Hall–Kier alpha value is -1.43. The van der Waals surface area contributed by atoms with Crippen LogP contribution in [0.1, 0.15) is 41.5 Å². The first-order valence-corrected chi connectivity index (χ1v) is 8.68. The predicted molar refractivity (Wildman–Crippen MR) is 90.9 cm³/mol. The normalized spacial score (nSPS) is 12.4. The number of hydrogen-bond acceptors (Lipinski definition) is 4. The van der Waals surface area contributed by atoms with Crippen LogP contribution < -0.4 is 4.74 Å². The number of aliphatic hydroxyl groups excluding tert-OH is 1. The minimum absolute atomic E-state index is 0.310. The Kier molecular flexibility index (Phi) is 6.57. The maximum atomic E-state index is 13.5. The zero-order valence-corrected chi connectivity index (χ0v) is 14.6. The molecule has 5 heteroatoms. The van der Waals surface area contributed by atoms with Crippen LogP contribution in [0.5, 0.6) is 5.75 Å². The first kappa shape index (κ1) is 17.9. The molecular weight excluding hydrogens is 315 g/mol. The number of halogens is 1. The molecule has 0 fully saturated rings. The predicted octanol–water partition coefficient (Wildman–Crippen LogP) is 4.12. The molecular formula is C18H23FO3S. The van der Waals surface area contributed by atoms with Crippen molar-refractivity contribution in [2.24, 2.45) is 0 Å². The molecule has 126 valence electrons. The molecule has 0 radical (unpaired) electrons. The molecule has 1 heterocycles. The Balaban J connectivity index is 2.34. The van der Waals surface area contributed by atoms with E-state index in [9.17, 15) is 9.50 Å². The quantitative estimate of drug-likeness (QED) is 0.736. The highest BCUT2D eigenvalue weighted by Crippen LogP contribution is 2.37. The highest BCUT2D eigenvalue weighted by Gasteiger charge is 2.22. The summed E-state index contributed by atoms with van der Waals surface area (Å²) in [6.07, 6.45) is 0.987. The highest BCUT2D eigenvalue weighted by atomic mass is 32.1. The van der Waals surface area contributed by atoms with E-state index in [0.717, 1.165) is 17.7 Å². The van der Waals surface area contributed by atoms with Crippen molar-refractivity contribution in [2.45, 2.75) is 32.8 Å². The number of rotatable bonds is 8. The van der Waals surface area contributed by atoms with Crippen molar-refractivity contribution in [1.29, 1.82) is 0 Å². The van der Waals surface area contributed by atoms with Crippen molar-refractivity contribution in [3.05, 3.63) is 51.0 Å². The Morgan fingerprint density at radius 3 is 2.65 bits per heavy atom. The van der Waals surface area contributed by atoms with E-state index in [2.05, 4.69) is 19.2 Å². The lowest BCUT2D eigenvalue weighted by Gasteiger charge is -2.17. The van der Waals surface area contributed by atoms with Crippen LogP contribution in [0.4, 0.5) is 4.39 Å². The average Bonchev–Trinajstić information content (AvgIpc) is 2.97. The summed E-state index contributed by atoms with van der Waals surface area (Å²) in [6, 6.07) is 4.25. The van der Waals surface area contributed by atoms with E-state index >= 15 is 0 Å². The molecule has 1 aromatic heterocycles. The zero-order chi connectivity index (χ0) is 16.8. The van der Waals surface area contributed by atoms with Gasteiger partial charge in [0.1, 0.15) is 24.3 Å². The molecule has 0 saturated carbocycles. The molecule has 1 unspecified atom stereocenters. The molecule has 0 saturated heterocycles. The molecule has 23 heavy (non-hydrogen) atoms. The number of ether oxygens (including phenoxy) is 2. The molecule has 3 nitrogen and oxygen atoms in total. The molecule has 0 amide bonds. The van der Waals surface area contributed by atoms with Gasteiger partial charge in [-0.15, -0.1) is 11.3 Å². The first-order chi connectivity index (χ1) is 11.1. The second-order valence-electron chi connectivity index (χ2n) is 5.24. The fourth-order valence-electron chi connectivity index (χ4n) is 2.60. The summed E-state index contributed by atoms with van der Waals surface area (Å²) in [7, 11) is 1.58. The highest BCUT2D eigenvalue weighted by molar-refractivity contribution is 7.10. The van der Waals surface area contributed by atoms with E-state index in [0.29, 0.717) is 24.5 Å². The van der Waals surface area contributed by atoms with Gasteiger partial charge in [0.2, 0.25) is 0 Å². The van der Waals surface area contributed by atoms with Gasteiger partial charge < -0.3 is 14.6 Å². The number of methoxy groups -OCH3 is 1. The Labute approximate surface area is 140 Å². The van der Waals surface area contributed by atoms with E-state index in [4.69, 9.17) is 9.47 Å². The van der Waals surface area contributed by atoms with Crippen molar-refractivity contribution in [2.75, 3.05) is 20.3 Å². The fourth-order valence-corrected chi connectivity index (χ4v) is 3.85. The van der Waals surface area contributed by atoms with Gasteiger partial charge in [-0.25, -0.2) is 4.39 Å². The van der Waals surface area contributed by atoms with Crippen molar-refractivity contribution < 1.29 is 19.0 Å². The topological polar surface area (TPSA) is 38.7 Å². The van der Waals surface area contributed by atoms with Gasteiger partial charge in [0.05, 0.1) is 6.61 Å². The maximum Gasteiger partial charge on any atom is 0.128 e. The minimum Gasteiger partial charge on any atom is -0.491 e. The van der Waals surface area contributed by atoms with Crippen LogP contribution in [0.2, 0.25) is 0 Å². The average molecular weight is 338 g/mol. The number of aryl methyl sites for hydroxylation is 1. The molecule has 1 N–H and O–H groups in total. The van der Waals surface area contributed by atoms with E-state index in [1.807, 2.05) is 0 Å². The largest absolute Gasteiger partial charge is 0.491 e. The first-order valence-electron chi connectivity index (χ1n) is 7.80. The van der Waals surface area contributed by atoms with E-state index in [1.165, 1.54) is 23.3 Å². The van der Waals surface area contributed by atoms with Gasteiger partial charge in [0.25, 0.3) is 0 Å². The lowest BCUT2D eigenvalue weighted by molar-refractivity contribution is 0.142. The second-order valence-corrected chi connectivity index (χ2v) is 6.15. The summed E-state index contributed by atoms with van der Waals surface area (Å²) in [5, 5.41) is 12.9. The third-order valence-corrected chi connectivity index (χ3v) is 4.94. The lowest BCUT2D eigenvalue weighted by atomic mass is 9.99. The third-order valence-electron chi connectivity index (χ3n) is 3.81. The molecule has 0 spiro atoms. The Morgan fingerprint density at radius 2 is 2.00 bits per heavy atom. The van der Waals surface area contributed by atoms with Gasteiger partial charge >= 0.3 is 0 Å². The van der Waals surface area contributed by atoms with E-state index < -0.39 is 6.10 Å². The summed E-state index contributed by atoms with van der Waals surface area (Å²) in [6.45, 7) is 4.91. The van der Waals surface area contributed by atoms with Gasteiger partial charge in [-0.3, -0.25) is 0 Å². The van der Waals surface area contributed by atoms with Crippen molar-refractivity contribution >= 4 is 11.3 Å². The molecule has 1 aromatic carbocycles. The molecule has 2 aromatic rings. The fraction of sp³-hybridized carbons (Fsp3) is 0.444. The van der Waals surface area contributed by atoms with Crippen LogP contribution in [0.15, 0.2) is 23.6 Å². The summed E-state index contributed by atoms with van der Waals surface area (Å²) >= 11 is 1.55. The molecule has 1 atom stereocenters. The van der Waals surface area contributed by atoms with Crippen LogP contribution in [0.3, 0.4) is 0 Å². The summed E-state index contributed by atoms with van der Waals surface area (Å²) in [5.74, 6) is -0.0208. The van der Waals surface area contributed by atoms with Crippen LogP contribution in [-0.4, -0.2) is 25.4 Å². The zero-order valence-electron chi connectivity index (χ0n) is 13.8. The van der Waals surface area contributed by atoms with Gasteiger partial charge in [0, 0.05) is 23.6 Å². The lowest BCUT2D eigenvalue weighted by Crippen LogP contribution is -2.09. The van der Waals surface area contributed by atoms with Crippen molar-refractivity contribution in [1.82, 2.24) is 0 Å². The van der Waals surface area contributed by atoms with E-state index in [-0.39, 0.29) is 5.82 Å². The second kappa shape index (κ2) is 8.43. The van der Waals surface area contributed by atoms with Crippen LogP contribution in [0, 0.1) is 5.82 Å². The third kappa shape index (κ3) is 4.10. The number of hydrogen-bond donors (Lipinski definition) is 1. The van der Waals surface area contributed by atoms with Gasteiger partial charge in [-0.2, -0.15) is 0 Å². The SMILES string of the molecule is CCc1csc(C(O)c2ccc(F)cc2OCCOC)c1CC.